The number of hydrogen-bond acceptors (Lipinski definition) is 2. The average Bonchev–Trinajstić information content (AvgIpc) is 3.10. The van der Waals surface area contributed by atoms with E-state index >= 15 is 0 Å². The lowest BCUT2D eigenvalue weighted by Gasteiger charge is -2.19. The Morgan fingerprint density at radius 3 is 2.95 bits per heavy atom. The minimum absolute atomic E-state index is 0.0940. The zero-order valence-electron chi connectivity index (χ0n) is 11.1. The molecule has 0 spiro atoms. The van der Waals surface area contributed by atoms with Gasteiger partial charge >= 0.3 is 5.97 Å². The molecule has 1 aliphatic rings. The first-order valence-electron chi connectivity index (χ1n) is 6.81. The van der Waals surface area contributed by atoms with Crippen molar-refractivity contribution in [3.8, 4) is 0 Å². The largest absolute Gasteiger partial charge is 0.480 e. The number of aromatic nitrogens is 1. The first-order valence-corrected chi connectivity index (χ1v) is 7.19. The van der Waals surface area contributed by atoms with E-state index in [-0.39, 0.29) is 6.54 Å². The van der Waals surface area contributed by atoms with Crippen LogP contribution in [0.15, 0.2) is 24.4 Å². The highest BCUT2D eigenvalue weighted by Gasteiger charge is 2.25. The van der Waals surface area contributed by atoms with Gasteiger partial charge in [0.15, 0.2) is 0 Å². The molecule has 1 aromatic carbocycles. The molecule has 1 saturated carbocycles. The van der Waals surface area contributed by atoms with E-state index in [9.17, 15) is 4.79 Å². The van der Waals surface area contributed by atoms with Gasteiger partial charge in [-0.2, -0.15) is 0 Å². The van der Waals surface area contributed by atoms with Crippen LogP contribution in [-0.2, 0) is 11.3 Å². The number of rotatable bonds is 6. The number of carboxylic acids is 1. The number of aromatic amines is 1. The van der Waals surface area contributed by atoms with Crippen molar-refractivity contribution < 1.29 is 9.90 Å². The molecule has 0 aliphatic heterocycles. The van der Waals surface area contributed by atoms with Gasteiger partial charge in [-0.3, -0.25) is 9.69 Å². The van der Waals surface area contributed by atoms with E-state index < -0.39 is 5.97 Å². The Bertz CT molecular complexity index is 634. The lowest BCUT2D eigenvalue weighted by molar-refractivity contribution is -0.138. The van der Waals surface area contributed by atoms with Gasteiger partial charge in [0.05, 0.1) is 6.54 Å². The molecule has 0 bridgehead atoms. The van der Waals surface area contributed by atoms with E-state index in [1.165, 1.54) is 12.8 Å². The average molecular weight is 293 g/mol. The molecule has 20 heavy (non-hydrogen) atoms. The number of fused-ring (bicyclic) bond motifs is 1. The Hall–Kier alpha value is -1.52. The van der Waals surface area contributed by atoms with Crippen LogP contribution >= 0.6 is 11.6 Å². The van der Waals surface area contributed by atoms with Crippen LogP contribution in [0.5, 0.6) is 0 Å². The summed E-state index contributed by atoms with van der Waals surface area (Å²) in [6, 6.07) is 5.74. The van der Waals surface area contributed by atoms with Gasteiger partial charge in [0, 0.05) is 35.2 Å². The number of nitrogens with zero attached hydrogens (tertiary/aromatic N) is 1. The third-order valence-corrected chi connectivity index (χ3v) is 3.93. The maximum atomic E-state index is 11.0. The molecule has 1 heterocycles. The van der Waals surface area contributed by atoms with E-state index in [0.717, 1.165) is 23.0 Å². The first-order chi connectivity index (χ1) is 9.61. The number of aliphatic carboxylic acids is 1. The van der Waals surface area contributed by atoms with Crippen LogP contribution in [0.1, 0.15) is 18.4 Å². The fraction of sp³-hybridized carbons (Fsp3) is 0.400. The van der Waals surface area contributed by atoms with Crippen LogP contribution in [0.25, 0.3) is 10.9 Å². The molecule has 1 aliphatic carbocycles. The van der Waals surface area contributed by atoms with Gasteiger partial charge in [-0.05, 0) is 36.5 Å². The molecule has 4 nitrogen and oxygen atoms in total. The summed E-state index contributed by atoms with van der Waals surface area (Å²) in [5, 5.41) is 10.8. The lowest BCUT2D eigenvalue weighted by atomic mass is 10.1. The predicted molar refractivity (Wildman–Crippen MR) is 78.9 cm³/mol. The maximum Gasteiger partial charge on any atom is 0.317 e. The summed E-state index contributed by atoms with van der Waals surface area (Å²) < 4.78 is 0. The Kier molecular flexibility index (Phi) is 3.68. The second kappa shape index (κ2) is 5.46. The van der Waals surface area contributed by atoms with E-state index in [2.05, 4.69) is 4.98 Å². The lowest BCUT2D eigenvalue weighted by Crippen LogP contribution is -2.31. The quantitative estimate of drug-likeness (QED) is 0.860. The number of carboxylic acid groups (broad SMARTS) is 1. The van der Waals surface area contributed by atoms with E-state index in [1.807, 2.05) is 29.3 Å². The molecule has 5 heteroatoms. The van der Waals surface area contributed by atoms with Crippen molar-refractivity contribution in [1.82, 2.24) is 9.88 Å². The molecule has 0 radical (unpaired) electrons. The van der Waals surface area contributed by atoms with Crippen LogP contribution in [-0.4, -0.2) is 34.0 Å². The number of hydrogen-bond donors (Lipinski definition) is 2. The summed E-state index contributed by atoms with van der Waals surface area (Å²) in [6.07, 6.45) is 4.39. The van der Waals surface area contributed by atoms with Gasteiger partial charge < -0.3 is 10.1 Å². The van der Waals surface area contributed by atoms with Crippen LogP contribution in [0.3, 0.4) is 0 Å². The fourth-order valence-corrected chi connectivity index (χ4v) is 2.74. The molecule has 1 aromatic heterocycles. The molecule has 2 aromatic rings. The van der Waals surface area contributed by atoms with Crippen LogP contribution in [0.2, 0.25) is 5.02 Å². The summed E-state index contributed by atoms with van der Waals surface area (Å²) in [6.45, 7) is 1.62. The molecular formula is C15H17ClN2O2. The van der Waals surface area contributed by atoms with Gasteiger partial charge in [0.2, 0.25) is 0 Å². The van der Waals surface area contributed by atoms with Gasteiger partial charge in [-0.1, -0.05) is 17.7 Å². The maximum absolute atomic E-state index is 11.0. The van der Waals surface area contributed by atoms with Gasteiger partial charge in [-0.15, -0.1) is 0 Å². The minimum atomic E-state index is -0.770. The SMILES string of the molecule is O=C(O)CN(Cc1c[nH]c2cc(Cl)ccc12)CC1CC1. The second-order valence-electron chi connectivity index (χ2n) is 5.51. The third-order valence-electron chi connectivity index (χ3n) is 3.70. The Morgan fingerprint density at radius 2 is 2.25 bits per heavy atom. The summed E-state index contributed by atoms with van der Waals surface area (Å²) in [5.74, 6) is -0.0949. The van der Waals surface area contributed by atoms with E-state index in [0.29, 0.717) is 17.5 Å². The summed E-state index contributed by atoms with van der Waals surface area (Å²) in [5.41, 5.74) is 2.12. The van der Waals surface area contributed by atoms with Gasteiger partial charge in [0.1, 0.15) is 0 Å². The second-order valence-corrected chi connectivity index (χ2v) is 5.95. The van der Waals surface area contributed by atoms with Crippen molar-refractivity contribution in [3.05, 3.63) is 35.0 Å². The molecule has 0 atom stereocenters. The van der Waals surface area contributed by atoms with Crippen LogP contribution < -0.4 is 0 Å². The number of nitrogens with one attached hydrogen (secondary N) is 1. The molecule has 106 valence electrons. The predicted octanol–water partition coefficient (Wildman–Crippen LogP) is 3.12. The monoisotopic (exact) mass is 292 g/mol. The minimum Gasteiger partial charge on any atom is -0.480 e. The van der Waals surface area contributed by atoms with E-state index in [4.69, 9.17) is 16.7 Å². The van der Waals surface area contributed by atoms with Gasteiger partial charge in [0.25, 0.3) is 0 Å². The Morgan fingerprint density at radius 1 is 1.45 bits per heavy atom. The van der Waals surface area contributed by atoms with Crippen LogP contribution in [0.4, 0.5) is 0 Å². The Labute approximate surface area is 122 Å². The summed E-state index contributed by atoms with van der Waals surface area (Å²) in [7, 11) is 0. The number of halogens is 1. The smallest absolute Gasteiger partial charge is 0.317 e. The molecule has 0 saturated heterocycles. The third kappa shape index (κ3) is 3.14. The van der Waals surface area contributed by atoms with Crippen molar-refractivity contribution >= 4 is 28.5 Å². The van der Waals surface area contributed by atoms with Crippen LogP contribution in [0, 0.1) is 5.92 Å². The number of carbonyl (C=O) groups is 1. The summed E-state index contributed by atoms with van der Waals surface area (Å²) >= 11 is 5.97. The zero-order valence-corrected chi connectivity index (χ0v) is 11.9. The topological polar surface area (TPSA) is 56.3 Å². The zero-order chi connectivity index (χ0) is 14.1. The van der Waals surface area contributed by atoms with E-state index in [1.54, 1.807) is 0 Å². The first kappa shape index (κ1) is 13.5. The molecule has 3 rings (SSSR count). The van der Waals surface area contributed by atoms with Crippen molar-refractivity contribution in [3.63, 3.8) is 0 Å². The van der Waals surface area contributed by atoms with Gasteiger partial charge in [-0.25, -0.2) is 0 Å². The molecular weight excluding hydrogens is 276 g/mol. The molecule has 2 N–H and O–H groups in total. The molecule has 0 unspecified atom stereocenters. The highest BCUT2D eigenvalue weighted by molar-refractivity contribution is 6.31. The summed E-state index contributed by atoms with van der Waals surface area (Å²) in [4.78, 5) is 16.2. The molecule has 0 amide bonds. The Balaban J connectivity index is 1.79. The van der Waals surface area contributed by atoms with Crippen molar-refractivity contribution in [2.75, 3.05) is 13.1 Å². The molecule has 1 fully saturated rings. The number of H-pyrrole nitrogens is 1. The number of benzene rings is 1. The normalized spacial score (nSPS) is 15.1. The standard InChI is InChI=1S/C15H17ClN2O2/c16-12-3-4-13-11(6-17-14(13)5-12)8-18(9-15(19)20)7-10-1-2-10/h3-6,10,17H,1-2,7-9H2,(H,19,20). The highest BCUT2D eigenvalue weighted by atomic mass is 35.5. The fourth-order valence-electron chi connectivity index (χ4n) is 2.57. The van der Waals surface area contributed by atoms with Crippen molar-refractivity contribution in [2.24, 2.45) is 5.92 Å². The van der Waals surface area contributed by atoms with Crippen molar-refractivity contribution in [1.29, 1.82) is 0 Å². The highest BCUT2D eigenvalue weighted by Crippen LogP contribution is 2.31. The van der Waals surface area contributed by atoms with Crippen molar-refractivity contribution in [2.45, 2.75) is 19.4 Å².